The summed E-state index contributed by atoms with van der Waals surface area (Å²) >= 11 is 0. The molecule has 0 saturated heterocycles. The van der Waals surface area contributed by atoms with E-state index in [1.807, 2.05) is 20.8 Å². The summed E-state index contributed by atoms with van der Waals surface area (Å²) in [5.74, 6) is 0.0641. The quantitative estimate of drug-likeness (QED) is 0.467. The van der Waals surface area contributed by atoms with Gasteiger partial charge >= 0.3 is 0 Å². The standard InChI is InChI=1S/C11H20O3/c1-5-13-11(14-6-2)8-9(3)7-10(4)12/h7,11H,5-6,8H2,1-4H3/b9-7+. The Labute approximate surface area is 86.1 Å². The first-order valence-corrected chi connectivity index (χ1v) is 5.01. The maximum atomic E-state index is 10.8. The number of ether oxygens (including phenoxy) is 2. The highest BCUT2D eigenvalue weighted by atomic mass is 16.7. The summed E-state index contributed by atoms with van der Waals surface area (Å²) in [6, 6.07) is 0. The Morgan fingerprint density at radius 1 is 1.21 bits per heavy atom. The van der Waals surface area contributed by atoms with E-state index >= 15 is 0 Å². The Balaban J connectivity index is 4.07. The largest absolute Gasteiger partial charge is 0.353 e. The van der Waals surface area contributed by atoms with Crippen molar-refractivity contribution in [2.45, 2.75) is 40.4 Å². The van der Waals surface area contributed by atoms with Gasteiger partial charge in [0.1, 0.15) is 0 Å². The number of rotatable bonds is 7. The molecule has 0 aliphatic heterocycles. The molecular formula is C11H20O3. The highest BCUT2D eigenvalue weighted by Crippen LogP contribution is 2.09. The van der Waals surface area contributed by atoms with E-state index in [-0.39, 0.29) is 12.1 Å². The van der Waals surface area contributed by atoms with E-state index < -0.39 is 0 Å². The highest BCUT2D eigenvalue weighted by Gasteiger charge is 2.08. The fourth-order valence-corrected chi connectivity index (χ4v) is 1.21. The summed E-state index contributed by atoms with van der Waals surface area (Å²) < 4.78 is 10.7. The Kier molecular flexibility index (Phi) is 7.34. The molecule has 0 aromatic carbocycles. The maximum Gasteiger partial charge on any atom is 0.161 e. The number of ketones is 1. The van der Waals surface area contributed by atoms with Crippen LogP contribution in [-0.2, 0) is 14.3 Å². The van der Waals surface area contributed by atoms with Gasteiger partial charge < -0.3 is 9.47 Å². The van der Waals surface area contributed by atoms with Gasteiger partial charge in [-0.15, -0.1) is 0 Å². The van der Waals surface area contributed by atoms with Crippen LogP contribution >= 0.6 is 0 Å². The van der Waals surface area contributed by atoms with Gasteiger partial charge in [-0.2, -0.15) is 0 Å². The van der Waals surface area contributed by atoms with Gasteiger partial charge in [0.2, 0.25) is 0 Å². The summed E-state index contributed by atoms with van der Waals surface area (Å²) in [4.78, 5) is 10.8. The van der Waals surface area contributed by atoms with Gasteiger partial charge in [0.15, 0.2) is 12.1 Å². The molecule has 0 rings (SSSR count). The molecule has 0 aromatic heterocycles. The zero-order valence-electron chi connectivity index (χ0n) is 9.50. The van der Waals surface area contributed by atoms with E-state index in [1.54, 1.807) is 13.0 Å². The van der Waals surface area contributed by atoms with Crippen LogP contribution in [0.1, 0.15) is 34.1 Å². The Hall–Kier alpha value is -0.670. The molecule has 0 aromatic rings. The molecule has 0 amide bonds. The average Bonchev–Trinajstić information content (AvgIpc) is 2.03. The molecule has 0 aliphatic rings. The van der Waals surface area contributed by atoms with Crippen molar-refractivity contribution in [3.05, 3.63) is 11.6 Å². The number of hydrogen-bond donors (Lipinski definition) is 0. The first kappa shape index (κ1) is 13.3. The van der Waals surface area contributed by atoms with Crippen LogP contribution in [-0.4, -0.2) is 25.3 Å². The summed E-state index contributed by atoms with van der Waals surface area (Å²) in [6.07, 6.45) is 2.05. The third-order valence-corrected chi connectivity index (χ3v) is 1.64. The SMILES string of the molecule is CCOC(C/C(C)=C/C(C)=O)OCC. The minimum absolute atomic E-state index is 0.0641. The average molecular weight is 200 g/mol. The smallest absolute Gasteiger partial charge is 0.161 e. The Bertz CT molecular complexity index is 191. The van der Waals surface area contributed by atoms with Crippen LogP contribution < -0.4 is 0 Å². The summed E-state index contributed by atoms with van der Waals surface area (Å²) in [5, 5.41) is 0. The third-order valence-electron chi connectivity index (χ3n) is 1.64. The summed E-state index contributed by atoms with van der Waals surface area (Å²) in [7, 11) is 0. The van der Waals surface area contributed by atoms with Crippen LogP contribution in [0.25, 0.3) is 0 Å². The van der Waals surface area contributed by atoms with Crippen LogP contribution in [0.2, 0.25) is 0 Å². The van der Waals surface area contributed by atoms with Gasteiger partial charge in [-0.05, 0) is 33.8 Å². The van der Waals surface area contributed by atoms with Gasteiger partial charge in [0.05, 0.1) is 0 Å². The fraction of sp³-hybridized carbons (Fsp3) is 0.727. The van der Waals surface area contributed by atoms with Gasteiger partial charge in [0, 0.05) is 19.6 Å². The second kappa shape index (κ2) is 7.71. The first-order chi connectivity index (χ1) is 6.60. The molecule has 0 radical (unpaired) electrons. The zero-order valence-corrected chi connectivity index (χ0v) is 9.50. The van der Waals surface area contributed by atoms with E-state index in [2.05, 4.69) is 0 Å². The lowest BCUT2D eigenvalue weighted by Gasteiger charge is -2.16. The van der Waals surface area contributed by atoms with Crippen molar-refractivity contribution >= 4 is 5.78 Å². The van der Waals surface area contributed by atoms with Crippen molar-refractivity contribution < 1.29 is 14.3 Å². The molecule has 0 spiro atoms. The first-order valence-electron chi connectivity index (χ1n) is 5.01. The predicted molar refractivity (Wildman–Crippen MR) is 56.1 cm³/mol. The van der Waals surface area contributed by atoms with Gasteiger partial charge in [-0.3, -0.25) is 4.79 Å². The van der Waals surface area contributed by atoms with E-state index in [0.29, 0.717) is 19.6 Å². The second-order valence-corrected chi connectivity index (χ2v) is 3.15. The molecule has 0 fully saturated rings. The Morgan fingerprint density at radius 2 is 1.71 bits per heavy atom. The minimum Gasteiger partial charge on any atom is -0.353 e. The molecule has 3 nitrogen and oxygen atoms in total. The van der Waals surface area contributed by atoms with Crippen LogP contribution in [0.5, 0.6) is 0 Å². The van der Waals surface area contributed by atoms with Crippen molar-refractivity contribution in [3.8, 4) is 0 Å². The normalized spacial score (nSPS) is 12.2. The van der Waals surface area contributed by atoms with Gasteiger partial charge in [-0.1, -0.05) is 5.57 Å². The van der Waals surface area contributed by atoms with Crippen LogP contribution in [0.4, 0.5) is 0 Å². The molecule has 0 bridgehead atoms. The lowest BCUT2D eigenvalue weighted by atomic mass is 10.2. The van der Waals surface area contributed by atoms with Crippen molar-refractivity contribution in [2.24, 2.45) is 0 Å². The van der Waals surface area contributed by atoms with Crippen molar-refractivity contribution in [2.75, 3.05) is 13.2 Å². The number of carbonyl (C=O) groups is 1. The van der Waals surface area contributed by atoms with Crippen LogP contribution in [0, 0.1) is 0 Å². The van der Waals surface area contributed by atoms with Crippen LogP contribution in [0.3, 0.4) is 0 Å². The number of carbonyl (C=O) groups excluding carboxylic acids is 1. The minimum atomic E-state index is -0.222. The molecule has 3 heteroatoms. The summed E-state index contributed by atoms with van der Waals surface area (Å²) in [6.45, 7) is 8.55. The summed E-state index contributed by atoms with van der Waals surface area (Å²) in [5.41, 5.74) is 0.990. The molecule has 14 heavy (non-hydrogen) atoms. The molecule has 0 heterocycles. The predicted octanol–water partition coefficient (Wildman–Crippen LogP) is 2.31. The number of allylic oxidation sites excluding steroid dienone is 1. The van der Waals surface area contributed by atoms with E-state index in [4.69, 9.17) is 9.47 Å². The highest BCUT2D eigenvalue weighted by molar-refractivity contribution is 5.87. The zero-order chi connectivity index (χ0) is 11.0. The lowest BCUT2D eigenvalue weighted by Crippen LogP contribution is -2.17. The van der Waals surface area contributed by atoms with Crippen LogP contribution in [0.15, 0.2) is 11.6 Å². The molecule has 0 unspecified atom stereocenters. The van der Waals surface area contributed by atoms with Crippen molar-refractivity contribution in [1.29, 1.82) is 0 Å². The van der Waals surface area contributed by atoms with Gasteiger partial charge in [-0.25, -0.2) is 0 Å². The second-order valence-electron chi connectivity index (χ2n) is 3.15. The molecular weight excluding hydrogens is 180 g/mol. The molecule has 0 N–H and O–H groups in total. The van der Waals surface area contributed by atoms with Gasteiger partial charge in [0.25, 0.3) is 0 Å². The monoisotopic (exact) mass is 200 g/mol. The van der Waals surface area contributed by atoms with E-state index in [1.165, 1.54) is 0 Å². The van der Waals surface area contributed by atoms with E-state index in [9.17, 15) is 4.79 Å². The molecule has 0 saturated carbocycles. The van der Waals surface area contributed by atoms with Crippen molar-refractivity contribution in [3.63, 3.8) is 0 Å². The Morgan fingerprint density at radius 3 is 2.07 bits per heavy atom. The number of hydrogen-bond acceptors (Lipinski definition) is 3. The molecule has 0 aliphatic carbocycles. The lowest BCUT2D eigenvalue weighted by molar-refractivity contribution is -0.134. The molecule has 0 atom stereocenters. The van der Waals surface area contributed by atoms with E-state index in [0.717, 1.165) is 5.57 Å². The third kappa shape index (κ3) is 6.80. The maximum absolute atomic E-state index is 10.8. The fourth-order valence-electron chi connectivity index (χ4n) is 1.21. The molecule has 82 valence electrons. The van der Waals surface area contributed by atoms with Crippen molar-refractivity contribution in [1.82, 2.24) is 0 Å². The topological polar surface area (TPSA) is 35.5 Å².